The minimum atomic E-state index is -0.669. The van der Waals surface area contributed by atoms with E-state index in [1.165, 1.54) is 69.9 Å². The molecule has 2 aromatic carbocycles. The number of ether oxygens (including phenoxy) is 3. The highest BCUT2D eigenvalue weighted by Crippen LogP contribution is 2.37. The van der Waals surface area contributed by atoms with Gasteiger partial charge >= 0.3 is 18.2 Å². The Morgan fingerprint density at radius 1 is 0.671 bits per heavy atom. The number of methoxy groups -OCH3 is 1. The Hall–Kier alpha value is -7.72. The molecule has 2 amide bonds. The number of aryl methyl sites for hydroxylation is 2. The van der Waals surface area contributed by atoms with Gasteiger partial charge in [0.2, 0.25) is 0 Å². The van der Waals surface area contributed by atoms with Gasteiger partial charge in [0.25, 0.3) is 17.0 Å². The minimum absolute atomic E-state index is 0.00101. The van der Waals surface area contributed by atoms with E-state index in [1.54, 1.807) is 89.3 Å². The summed E-state index contributed by atoms with van der Waals surface area (Å²) in [5.41, 5.74) is -0.0863. The minimum Gasteiger partial charge on any atom is -0.465 e. The molecule has 2 saturated heterocycles. The molecule has 0 saturated carbocycles. The summed E-state index contributed by atoms with van der Waals surface area (Å²) in [7, 11) is 4.39. The predicted molar refractivity (Wildman–Crippen MR) is 296 cm³/mol. The molecule has 24 heteroatoms. The molecule has 0 spiro atoms. The van der Waals surface area contributed by atoms with E-state index in [9.17, 15) is 37.5 Å². The molecule has 0 unspecified atom stereocenters. The standard InChI is InChI=1S/C29H32ClFN6O4.C26H31ClFN5O5/c1-29(2,3)41-28(40)33-20-8-7-13-36(16-20)25-22(26(38)35-11-5-6-12-35)23-24(27(39)34(4)17-32-23)37(25)15-18-14-19(31)9-10-21(18)30;1-26(2,3)38-25(36)30-17-7-6-10-32(13-17)22-19(24(35)37-5)20-21(23(34)31(4)14-29-20)33(22)12-15-11-16(28)8-9-18(15)27/h5-6,9-12,14,17,20H,7-8,13,15-16H2,1-4H3,(H,33,40);8-9,11,14,17H,6-7,10,12-13H2,1-5H3,(H,30,36)/t20-;17-/m11/s1. The molecule has 79 heavy (non-hydrogen) atoms. The van der Waals surface area contributed by atoms with Gasteiger partial charge in [0.1, 0.15) is 67.7 Å². The van der Waals surface area contributed by atoms with Crippen LogP contribution in [0.1, 0.15) is 99.1 Å². The zero-order chi connectivity index (χ0) is 57.2. The molecule has 0 aliphatic carbocycles. The first kappa shape index (κ1) is 57.5. The topological polar surface area (TPSA) is 211 Å². The fourth-order valence-corrected chi connectivity index (χ4v) is 10.2. The number of fused-ring (bicyclic) bond motifs is 2. The van der Waals surface area contributed by atoms with E-state index in [0.717, 1.165) is 0 Å². The molecule has 20 nitrogen and oxygen atoms in total. The van der Waals surface area contributed by atoms with Crippen molar-refractivity contribution in [3.05, 3.63) is 138 Å². The summed E-state index contributed by atoms with van der Waals surface area (Å²) in [4.78, 5) is 91.8. The van der Waals surface area contributed by atoms with Gasteiger partial charge in [0.15, 0.2) is 0 Å². The molecule has 2 aliphatic rings. The molecule has 5 aromatic heterocycles. The van der Waals surface area contributed by atoms with Crippen molar-refractivity contribution in [2.24, 2.45) is 14.1 Å². The maximum atomic E-state index is 14.3. The largest absolute Gasteiger partial charge is 0.465 e. The van der Waals surface area contributed by atoms with Gasteiger partial charge in [-0.15, -0.1) is 0 Å². The number of halogens is 4. The van der Waals surface area contributed by atoms with Gasteiger partial charge in [-0.3, -0.25) is 19.0 Å². The highest BCUT2D eigenvalue weighted by atomic mass is 35.5. The van der Waals surface area contributed by atoms with Crippen LogP contribution in [0, 0.1) is 11.6 Å². The Kier molecular flexibility index (Phi) is 17.0. The lowest BCUT2D eigenvalue weighted by Gasteiger charge is -2.36. The smallest absolute Gasteiger partial charge is 0.407 e. The molecule has 9 rings (SSSR count). The average molecular weight is 1130 g/mol. The molecule has 7 heterocycles. The van der Waals surface area contributed by atoms with Crippen LogP contribution in [0.15, 0.2) is 83.2 Å². The van der Waals surface area contributed by atoms with E-state index < -0.39 is 41.0 Å². The molecule has 7 aromatic rings. The number of hydrogen-bond acceptors (Lipinski definition) is 13. The van der Waals surface area contributed by atoms with E-state index >= 15 is 0 Å². The number of nitrogens with zero attached hydrogens (tertiary/aromatic N) is 9. The molecule has 0 bridgehead atoms. The number of aromatic nitrogens is 7. The first-order valence-corrected chi connectivity index (χ1v) is 26.4. The number of nitrogens with one attached hydrogen (secondary N) is 2. The summed E-state index contributed by atoms with van der Waals surface area (Å²) in [5, 5.41) is 6.46. The molecular formula is C55H63Cl2F2N11O9. The molecular weight excluding hydrogens is 1070 g/mol. The van der Waals surface area contributed by atoms with E-state index in [4.69, 9.17) is 37.4 Å². The van der Waals surface area contributed by atoms with Crippen molar-refractivity contribution in [3.63, 3.8) is 0 Å². The van der Waals surface area contributed by atoms with Gasteiger partial charge in [-0.2, -0.15) is 0 Å². The zero-order valence-corrected chi connectivity index (χ0v) is 46.9. The van der Waals surface area contributed by atoms with Crippen molar-refractivity contribution < 1.29 is 42.2 Å². The summed E-state index contributed by atoms with van der Waals surface area (Å²) in [6.45, 7) is 12.5. The van der Waals surface area contributed by atoms with Crippen LogP contribution in [-0.4, -0.2) is 113 Å². The molecule has 420 valence electrons. The van der Waals surface area contributed by atoms with Crippen LogP contribution in [0.2, 0.25) is 10.0 Å². The monoisotopic (exact) mass is 1130 g/mol. The van der Waals surface area contributed by atoms with Gasteiger partial charge in [0, 0.05) is 74.8 Å². The number of alkyl carbamates (subject to hydrolysis) is 2. The van der Waals surface area contributed by atoms with Crippen molar-refractivity contribution in [2.45, 2.75) is 104 Å². The van der Waals surface area contributed by atoms with Crippen molar-refractivity contribution in [3.8, 4) is 0 Å². The summed E-state index contributed by atoms with van der Waals surface area (Å²) < 4.78 is 51.8. The van der Waals surface area contributed by atoms with Crippen molar-refractivity contribution in [1.82, 2.24) is 43.4 Å². The highest BCUT2D eigenvalue weighted by Gasteiger charge is 2.36. The second-order valence-electron chi connectivity index (χ2n) is 21.5. The van der Waals surface area contributed by atoms with Crippen LogP contribution in [0.5, 0.6) is 0 Å². The Morgan fingerprint density at radius 2 is 1.09 bits per heavy atom. The summed E-state index contributed by atoms with van der Waals surface area (Å²) >= 11 is 12.9. The Morgan fingerprint density at radius 3 is 1.51 bits per heavy atom. The lowest BCUT2D eigenvalue weighted by molar-refractivity contribution is 0.0488. The summed E-state index contributed by atoms with van der Waals surface area (Å²) in [6, 6.07) is 10.9. The number of anilines is 2. The van der Waals surface area contributed by atoms with Gasteiger partial charge in [-0.05, 0) is 127 Å². The number of carbonyl (C=O) groups excluding carboxylic acids is 4. The fourth-order valence-electron chi connectivity index (χ4n) is 9.84. The fraction of sp³-hybridized carbons (Fsp3) is 0.418. The third-order valence-corrected chi connectivity index (χ3v) is 13.9. The number of esters is 1. The predicted octanol–water partition coefficient (Wildman–Crippen LogP) is 8.42. The molecule has 2 fully saturated rings. The average Bonchev–Trinajstić information content (AvgIpc) is 4.28. The van der Waals surface area contributed by atoms with Crippen molar-refractivity contribution in [1.29, 1.82) is 0 Å². The van der Waals surface area contributed by atoms with Crippen LogP contribution in [0.25, 0.3) is 22.1 Å². The zero-order valence-electron chi connectivity index (χ0n) is 45.4. The number of piperidine rings is 2. The van der Waals surface area contributed by atoms with Crippen molar-refractivity contribution >= 4 is 81.0 Å². The number of amides is 2. The first-order valence-electron chi connectivity index (χ1n) is 25.6. The Bertz CT molecular complexity index is 3580. The van der Waals surface area contributed by atoms with Crippen LogP contribution in [-0.2, 0) is 41.4 Å². The van der Waals surface area contributed by atoms with E-state index in [0.29, 0.717) is 84.7 Å². The van der Waals surface area contributed by atoms with Crippen LogP contribution in [0.3, 0.4) is 0 Å². The Balaban J connectivity index is 0.000000209. The van der Waals surface area contributed by atoms with E-state index in [2.05, 4.69) is 20.6 Å². The lowest BCUT2D eigenvalue weighted by Crippen LogP contribution is -2.49. The maximum Gasteiger partial charge on any atom is 0.407 e. The van der Waals surface area contributed by atoms with Gasteiger partial charge < -0.3 is 52.9 Å². The quantitative estimate of drug-likeness (QED) is 0.0974. The number of benzene rings is 2. The molecule has 2 N–H and O–H groups in total. The van der Waals surface area contributed by atoms with Crippen LogP contribution in [0.4, 0.5) is 30.0 Å². The second kappa shape index (κ2) is 23.3. The molecule has 0 radical (unpaired) electrons. The first-order chi connectivity index (χ1) is 37.3. The van der Waals surface area contributed by atoms with Crippen LogP contribution < -0.4 is 31.6 Å². The SMILES string of the molecule is COC(=O)c1c(N2CCC[C@@H](NC(=O)OC(C)(C)C)C2)n(Cc2cc(F)ccc2Cl)c2c(=O)n(C)cnc12.Cn1cnc2c(C(=O)n3cccc3)c(N3CCC[C@@H](NC(=O)OC(C)(C)C)C3)n(Cc3cc(F)ccc3Cl)c2c1=O. The highest BCUT2D eigenvalue weighted by molar-refractivity contribution is 6.31. The normalized spacial score (nSPS) is 15.9. The third kappa shape index (κ3) is 12.9. The number of rotatable bonds is 10. The van der Waals surface area contributed by atoms with Gasteiger partial charge in [-0.25, -0.2) is 33.1 Å². The third-order valence-electron chi connectivity index (χ3n) is 13.2. The van der Waals surface area contributed by atoms with Gasteiger partial charge in [-0.1, -0.05) is 23.2 Å². The maximum absolute atomic E-state index is 14.3. The van der Waals surface area contributed by atoms with E-state index in [-0.39, 0.29) is 75.4 Å². The lowest BCUT2D eigenvalue weighted by atomic mass is 10.1. The second-order valence-corrected chi connectivity index (χ2v) is 22.3. The molecule has 2 aliphatic heterocycles. The Labute approximate surface area is 463 Å². The van der Waals surface area contributed by atoms with E-state index in [1.807, 2.05) is 9.80 Å². The van der Waals surface area contributed by atoms with Gasteiger partial charge in [0.05, 0.1) is 32.9 Å². The molecule has 2 atom stereocenters. The summed E-state index contributed by atoms with van der Waals surface area (Å²) in [5.74, 6) is -1.17. The number of hydrogen-bond donors (Lipinski definition) is 2. The van der Waals surface area contributed by atoms with Crippen molar-refractivity contribution in [2.75, 3.05) is 43.1 Å². The summed E-state index contributed by atoms with van der Waals surface area (Å²) in [6.07, 6.45) is 7.68. The number of carbonyl (C=O) groups is 4. The van der Waals surface area contributed by atoms with Crippen LogP contribution >= 0.6 is 23.2 Å².